The predicted octanol–water partition coefficient (Wildman–Crippen LogP) is 3.50. The van der Waals surface area contributed by atoms with Crippen molar-refractivity contribution in [3.8, 4) is 0 Å². The highest BCUT2D eigenvalue weighted by Gasteiger charge is 2.22. The van der Waals surface area contributed by atoms with E-state index in [4.69, 9.17) is 12.2 Å². The van der Waals surface area contributed by atoms with Crippen molar-refractivity contribution in [2.45, 2.75) is 51.5 Å². The zero-order chi connectivity index (χ0) is 12.7. The van der Waals surface area contributed by atoms with Crippen LogP contribution < -0.4 is 0 Å². The fraction of sp³-hybridized carbons (Fsp3) is 0.692. The molecule has 0 amide bonds. The molecule has 1 saturated carbocycles. The predicted molar refractivity (Wildman–Crippen MR) is 75.4 cm³/mol. The van der Waals surface area contributed by atoms with E-state index in [2.05, 4.69) is 21.6 Å². The number of H-pyrrole nitrogens is 1. The largest absolute Gasteiger partial charge is 0.328 e. The van der Waals surface area contributed by atoms with Gasteiger partial charge in [-0.2, -0.15) is 5.10 Å². The molecule has 1 aliphatic rings. The van der Waals surface area contributed by atoms with Crippen LogP contribution in [0.3, 0.4) is 0 Å². The second-order valence-electron chi connectivity index (χ2n) is 5.21. The molecular weight excluding hydrogens is 244 g/mol. The first kappa shape index (κ1) is 12.0. The van der Waals surface area contributed by atoms with E-state index in [1.165, 1.54) is 37.8 Å². The standard InChI is InChI=1S/C13H20N4S/c1-3-10-11-12(16(2)15-10)17(13(18)14-11)9-7-5-4-6-8-9/h9H,3-8H2,1-2H3,(H,14,18). The SMILES string of the molecule is CCc1nn(C)c2c1[nH]c(=S)n2C1CCCCC1. The molecule has 0 aliphatic heterocycles. The van der Waals surface area contributed by atoms with Crippen molar-refractivity contribution in [1.29, 1.82) is 0 Å². The lowest BCUT2D eigenvalue weighted by molar-refractivity contribution is 0.354. The smallest absolute Gasteiger partial charge is 0.179 e. The fourth-order valence-corrected chi connectivity index (χ4v) is 3.50. The van der Waals surface area contributed by atoms with Gasteiger partial charge in [0, 0.05) is 13.1 Å². The van der Waals surface area contributed by atoms with Gasteiger partial charge in [-0.25, -0.2) is 0 Å². The Morgan fingerprint density at radius 2 is 2.06 bits per heavy atom. The van der Waals surface area contributed by atoms with Crippen molar-refractivity contribution >= 4 is 23.4 Å². The zero-order valence-electron chi connectivity index (χ0n) is 11.1. The Bertz CT molecular complexity index is 613. The van der Waals surface area contributed by atoms with Crippen molar-refractivity contribution in [2.24, 2.45) is 7.05 Å². The average Bonchev–Trinajstić information content (AvgIpc) is 2.87. The molecule has 3 rings (SSSR count). The molecule has 0 radical (unpaired) electrons. The first-order chi connectivity index (χ1) is 8.72. The van der Waals surface area contributed by atoms with Gasteiger partial charge in [0.2, 0.25) is 0 Å². The van der Waals surface area contributed by atoms with E-state index < -0.39 is 0 Å². The summed E-state index contributed by atoms with van der Waals surface area (Å²) in [6, 6.07) is 0.556. The summed E-state index contributed by atoms with van der Waals surface area (Å²) < 4.78 is 5.14. The van der Waals surface area contributed by atoms with Gasteiger partial charge in [0.1, 0.15) is 5.52 Å². The number of nitrogens with one attached hydrogen (secondary N) is 1. The molecule has 5 heteroatoms. The third kappa shape index (κ3) is 1.72. The molecule has 0 spiro atoms. The summed E-state index contributed by atoms with van der Waals surface area (Å²) in [7, 11) is 2.02. The van der Waals surface area contributed by atoms with Crippen LogP contribution in [0.15, 0.2) is 0 Å². The van der Waals surface area contributed by atoms with Crippen LogP contribution in [-0.4, -0.2) is 19.3 Å². The molecule has 0 atom stereocenters. The molecule has 2 heterocycles. The number of aromatic nitrogens is 4. The third-order valence-corrected chi connectivity index (χ3v) is 4.34. The summed E-state index contributed by atoms with van der Waals surface area (Å²) in [6.07, 6.45) is 7.43. The minimum Gasteiger partial charge on any atom is -0.328 e. The van der Waals surface area contributed by atoms with E-state index in [9.17, 15) is 0 Å². The lowest BCUT2D eigenvalue weighted by atomic mass is 9.95. The van der Waals surface area contributed by atoms with Crippen LogP contribution in [0.2, 0.25) is 0 Å². The quantitative estimate of drug-likeness (QED) is 0.843. The van der Waals surface area contributed by atoms with Gasteiger partial charge in [0.25, 0.3) is 0 Å². The van der Waals surface area contributed by atoms with Gasteiger partial charge in [-0.15, -0.1) is 0 Å². The summed E-state index contributed by atoms with van der Waals surface area (Å²) in [6.45, 7) is 2.14. The van der Waals surface area contributed by atoms with Crippen molar-refractivity contribution in [1.82, 2.24) is 19.3 Å². The summed E-state index contributed by atoms with van der Waals surface area (Å²) in [5, 5.41) is 4.58. The molecule has 1 aliphatic carbocycles. The Balaban J connectivity index is 2.18. The highest BCUT2D eigenvalue weighted by molar-refractivity contribution is 7.71. The van der Waals surface area contributed by atoms with Crippen molar-refractivity contribution in [3.63, 3.8) is 0 Å². The maximum atomic E-state index is 5.52. The van der Waals surface area contributed by atoms with Crippen molar-refractivity contribution in [3.05, 3.63) is 10.5 Å². The first-order valence-corrected chi connectivity index (χ1v) is 7.29. The Morgan fingerprint density at radius 1 is 1.33 bits per heavy atom. The van der Waals surface area contributed by atoms with E-state index in [-0.39, 0.29) is 0 Å². The van der Waals surface area contributed by atoms with Crippen molar-refractivity contribution in [2.75, 3.05) is 0 Å². The number of aromatic amines is 1. The summed E-state index contributed by atoms with van der Waals surface area (Å²) in [5.74, 6) is 0. The number of fused-ring (bicyclic) bond motifs is 1. The lowest BCUT2D eigenvalue weighted by Gasteiger charge is -2.23. The Kier molecular flexibility index (Phi) is 3.01. The third-order valence-electron chi connectivity index (χ3n) is 4.04. The molecular formula is C13H20N4S. The van der Waals surface area contributed by atoms with Gasteiger partial charge >= 0.3 is 0 Å². The van der Waals surface area contributed by atoms with Crippen molar-refractivity contribution < 1.29 is 0 Å². The Hall–Kier alpha value is -1.10. The second-order valence-corrected chi connectivity index (χ2v) is 5.60. The van der Waals surface area contributed by atoms with Crippen LogP contribution in [0, 0.1) is 4.77 Å². The van der Waals surface area contributed by atoms with Crippen LogP contribution in [0.4, 0.5) is 0 Å². The molecule has 0 aromatic carbocycles. The van der Waals surface area contributed by atoms with Crippen LogP contribution in [0.1, 0.15) is 50.8 Å². The Morgan fingerprint density at radius 3 is 2.72 bits per heavy atom. The molecule has 0 saturated heterocycles. The van der Waals surface area contributed by atoms with Gasteiger partial charge in [-0.3, -0.25) is 9.25 Å². The minimum atomic E-state index is 0.556. The number of imidazole rings is 1. The normalized spacial score (nSPS) is 17.7. The van der Waals surface area contributed by atoms with Crippen LogP contribution in [-0.2, 0) is 13.5 Å². The molecule has 1 N–H and O–H groups in total. The van der Waals surface area contributed by atoms with E-state index in [0.717, 1.165) is 22.4 Å². The Labute approximate surface area is 112 Å². The molecule has 2 aromatic rings. The lowest BCUT2D eigenvalue weighted by Crippen LogP contribution is -2.14. The number of hydrogen-bond acceptors (Lipinski definition) is 2. The zero-order valence-corrected chi connectivity index (χ0v) is 11.9. The van der Waals surface area contributed by atoms with Gasteiger partial charge in [-0.1, -0.05) is 26.2 Å². The van der Waals surface area contributed by atoms with E-state index in [0.29, 0.717) is 6.04 Å². The van der Waals surface area contributed by atoms with Crippen LogP contribution >= 0.6 is 12.2 Å². The highest BCUT2D eigenvalue weighted by atomic mass is 32.1. The molecule has 4 nitrogen and oxygen atoms in total. The first-order valence-electron chi connectivity index (χ1n) is 6.88. The average molecular weight is 264 g/mol. The number of hydrogen-bond donors (Lipinski definition) is 1. The van der Waals surface area contributed by atoms with E-state index in [1.54, 1.807) is 0 Å². The monoisotopic (exact) mass is 264 g/mol. The van der Waals surface area contributed by atoms with E-state index in [1.807, 2.05) is 11.7 Å². The van der Waals surface area contributed by atoms with Gasteiger partial charge < -0.3 is 4.98 Å². The topological polar surface area (TPSA) is 38.5 Å². The van der Waals surface area contributed by atoms with E-state index >= 15 is 0 Å². The van der Waals surface area contributed by atoms with Crippen LogP contribution in [0.5, 0.6) is 0 Å². The van der Waals surface area contributed by atoms with Crippen LogP contribution in [0.25, 0.3) is 11.2 Å². The minimum absolute atomic E-state index is 0.556. The molecule has 0 unspecified atom stereocenters. The molecule has 0 bridgehead atoms. The molecule has 1 fully saturated rings. The molecule has 98 valence electrons. The maximum Gasteiger partial charge on any atom is 0.179 e. The maximum absolute atomic E-state index is 5.52. The number of nitrogens with zero attached hydrogens (tertiary/aromatic N) is 3. The summed E-state index contributed by atoms with van der Waals surface area (Å²) >= 11 is 5.52. The summed E-state index contributed by atoms with van der Waals surface area (Å²) in [5.41, 5.74) is 3.42. The highest BCUT2D eigenvalue weighted by Crippen LogP contribution is 2.32. The molecule has 18 heavy (non-hydrogen) atoms. The van der Waals surface area contributed by atoms with Gasteiger partial charge in [0.05, 0.1) is 5.69 Å². The molecule has 2 aromatic heterocycles. The second kappa shape index (κ2) is 4.53. The van der Waals surface area contributed by atoms with Gasteiger partial charge in [0.15, 0.2) is 10.4 Å². The fourth-order valence-electron chi connectivity index (χ4n) is 3.16. The summed E-state index contributed by atoms with van der Waals surface area (Å²) in [4.78, 5) is 3.36. The van der Waals surface area contributed by atoms with Gasteiger partial charge in [-0.05, 0) is 31.5 Å². The number of rotatable bonds is 2. The number of aryl methyl sites for hydroxylation is 2.